The summed E-state index contributed by atoms with van der Waals surface area (Å²) in [6.45, 7) is 6.32. The van der Waals surface area contributed by atoms with Crippen LogP contribution in [-0.2, 0) is 4.79 Å². The van der Waals surface area contributed by atoms with Crippen LogP contribution in [0.5, 0.6) is 0 Å². The summed E-state index contributed by atoms with van der Waals surface area (Å²) in [5, 5.41) is 5.44. The van der Waals surface area contributed by atoms with Gasteiger partial charge in [0.05, 0.1) is 17.9 Å². The molecular formula is C20H26FN3O3. The molecule has 0 fully saturated rings. The Balaban J connectivity index is 1.81. The van der Waals surface area contributed by atoms with E-state index in [0.717, 1.165) is 18.8 Å². The minimum atomic E-state index is -0.583. The van der Waals surface area contributed by atoms with E-state index in [2.05, 4.69) is 29.4 Å². The van der Waals surface area contributed by atoms with Crippen LogP contribution in [0.1, 0.15) is 42.4 Å². The van der Waals surface area contributed by atoms with E-state index in [1.54, 1.807) is 12.3 Å². The molecule has 2 aromatic rings. The van der Waals surface area contributed by atoms with Gasteiger partial charge in [-0.05, 0) is 37.4 Å². The van der Waals surface area contributed by atoms with E-state index in [4.69, 9.17) is 4.42 Å². The van der Waals surface area contributed by atoms with Gasteiger partial charge in [-0.3, -0.25) is 14.5 Å². The fraction of sp³-hybridized carbons (Fsp3) is 0.400. The van der Waals surface area contributed by atoms with Crippen LogP contribution in [0, 0.1) is 5.82 Å². The van der Waals surface area contributed by atoms with Gasteiger partial charge in [-0.1, -0.05) is 26.0 Å². The van der Waals surface area contributed by atoms with E-state index in [-0.39, 0.29) is 30.5 Å². The van der Waals surface area contributed by atoms with Crippen molar-refractivity contribution < 1.29 is 18.4 Å². The maximum atomic E-state index is 13.6. The van der Waals surface area contributed by atoms with Crippen molar-refractivity contribution in [2.24, 2.45) is 0 Å². The molecule has 0 bridgehead atoms. The monoisotopic (exact) mass is 375 g/mol. The zero-order valence-electron chi connectivity index (χ0n) is 15.7. The predicted octanol–water partition coefficient (Wildman–Crippen LogP) is 2.74. The van der Waals surface area contributed by atoms with E-state index < -0.39 is 11.7 Å². The molecule has 0 saturated carbocycles. The number of likely N-dealkylation sites (N-methyl/N-ethyl adjacent to an activating group) is 1. The summed E-state index contributed by atoms with van der Waals surface area (Å²) in [4.78, 5) is 26.2. The fourth-order valence-electron chi connectivity index (χ4n) is 2.88. The molecule has 0 aliphatic heterocycles. The molecule has 1 aromatic heterocycles. The smallest absolute Gasteiger partial charge is 0.254 e. The summed E-state index contributed by atoms with van der Waals surface area (Å²) in [6, 6.07) is 9.41. The molecule has 1 atom stereocenters. The number of hydrogen-bond acceptors (Lipinski definition) is 4. The van der Waals surface area contributed by atoms with Crippen LogP contribution < -0.4 is 10.6 Å². The normalized spacial score (nSPS) is 12.0. The van der Waals surface area contributed by atoms with Gasteiger partial charge in [-0.2, -0.15) is 0 Å². The van der Waals surface area contributed by atoms with Gasteiger partial charge in [-0.25, -0.2) is 4.39 Å². The molecule has 1 aromatic carbocycles. The van der Waals surface area contributed by atoms with Crippen LogP contribution in [0.15, 0.2) is 47.1 Å². The van der Waals surface area contributed by atoms with E-state index in [0.29, 0.717) is 6.54 Å². The molecule has 0 spiro atoms. The van der Waals surface area contributed by atoms with E-state index in [1.165, 1.54) is 18.2 Å². The first-order valence-electron chi connectivity index (χ1n) is 9.13. The number of rotatable bonds is 10. The highest BCUT2D eigenvalue weighted by molar-refractivity contribution is 5.94. The highest BCUT2D eigenvalue weighted by Crippen LogP contribution is 2.20. The van der Waals surface area contributed by atoms with Crippen molar-refractivity contribution in [2.45, 2.75) is 26.3 Å². The molecule has 2 N–H and O–H groups in total. The number of carbonyl (C=O) groups is 2. The Morgan fingerprint density at radius 2 is 1.85 bits per heavy atom. The predicted molar refractivity (Wildman–Crippen MR) is 101 cm³/mol. The van der Waals surface area contributed by atoms with Crippen molar-refractivity contribution in [3.8, 4) is 0 Å². The Kier molecular flexibility index (Phi) is 8.00. The zero-order valence-corrected chi connectivity index (χ0v) is 15.7. The Morgan fingerprint density at radius 1 is 1.11 bits per heavy atom. The number of nitrogens with one attached hydrogen (secondary N) is 2. The quantitative estimate of drug-likeness (QED) is 0.670. The second kappa shape index (κ2) is 10.5. The molecule has 0 saturated heterocycles. The Bertz CT molecular complexity index is 730. The number of benzene rings is 1. The summed E-state index contributed by atoms with van der Waals surface area (Å²) in [7, 11) is 0. The van der Waals surface area contributed by atoms with Crippen LogP contribution in [-0.4, -0.2) is 42.9 Å². The van der Waals surface area contributed by atoms with Crippen molar-refractivity contribution in [1.82, 2.24) is 15.5 Å². The minimum Gasteiger partial charge on any atom is -0.468 e. The lowest BCUT2D eigenvalue weighted by atomic mass is 10.1. The Hall–Kier alpha value is -2.67. The van der Waals surface area contributed by atoms with Crippen molar-refractivity contribution in [1.29, 1.82) is 0 Å². The van der Waals surface area contributed by atoms with Crippen LogP contribution in [0.25, 0.3) is 0 Å². The topological polar surface area (TPSA) is 74.6 Å². The first-order valence-corrected chi connectivity index (χ1v) is 9.13. The molecule has 0 radical (unpaired) electrons. The Labute approximate surface area is 158 Å². The van der Waals surface area contributed by atoms with Crippen molar-refractivity contribution in [3.05, 3.63) is 59.8 Å². The highest BCUT2D eigenvalue weighted by Gasteiger charge is 2.21. The van der Waals surface area contributed by atoms with Gasteiger partial charge in [0.15, 0.2) is 0 Å². The number of nitrogens with zero attached hydrogens (tertiary/aromatic N) is 1. The van der Waals surface area contributed by atoms with Gasteiger partial charge >= 0.3 is 0 Å². The molecule has 1 heterocycles. The number of hydrogen-bond donors (Lipinski definition) is 2. The number of carbonyl (C=O) groups excluding carboxylic acids is 2. The van der Waals surface area contributed by atoms with Crippen molar-refractivity contribution in [3.63, 3.8) is 0 Å². The molecule has 2 amide bonds. The summed E-state index contributed by atoms with van der Waals surface area (Å²) >= 11 is 0. The molecule has 27 heavy (non-hydrogen) atoms. The molecule has 0 unspecified atom stereocenters. The summed E-state index contributed by atoms with van der Waals surface area (Å²) in [5.41, 5.74) is -0.0303. The van der Waals surface area contributed by atoms with Gasteiger partial charge < -0.3 is 15.1 Å². The average Bonchev–Trinajstić information content (AvgIpc) is 3.19. The third-order valence-electron chi connectivity index (χ3n) is 4.37. The van der Waals surface area contributed by atoms with Gasteiger partial charge in [-0.15, -0.1) is 0 Å². The van der Waals surface area contributed by atoms with E-state index in [9.17, 15) is 14.0 Å². The van der Waals surface area contributed by atoms with Gasteiger partial charge in [0.1, 0.15) is 11.6 Å². The maximum absolute atomic E-state index is 13.6. The maximum Gasteiger partial charge on any atom is 0.254 e. The first kappa shape index (κ1) is 20.6. The number of furan rings is 1. The third kappa shape index (κ3) is 5.92. The molecule has 146 valence electrons. The van der Waals surface area contributed by atoms with E-state index in [1.807, 2.05) is 12.1 Å². The fourth-order valence-corrected chi connectivity index (χ4v) is 2.88. The standard InChI is InChI=1S/C20H26FN3O3/c1-3-24(4-2)17(18-10-7-13-27-18)14-23-19(25)11-12-22-20(26)15-8-5-6-9-16(15)21/h5-10,13,17H,3-4,11-12,14H2,1-2H3,(H,22,26)(H,23,25)/t17-/m0/s1. The van der Waals surface area contributed by atoms with Gasteiger partial charge in [0, 0.05) is 19.5 Å². The lowest BCUT2D eigenvalue weighted by molar-refractivity contribution is -0.121. The van der Waals surface area contributed by atoms with Crippen LogP contribution in [0.2, 0.25) is 0 Å². The molecule has 0 aliphatic rings. The molecule has 2 rings (SSSR count). The van der Waals surface area contributed by atoms with E-state index >= 15 is 0 Å². The van der Waals surface area contributed by atoms with Crippen LogP contribution >= 0.6 is 0 Å². The van der Waals surface area contributed by atoms with Crippen molar-refractivity contribution >= 4 is 11.8 Å². The number of amides is 2. The zero-order chi connectivity index (χ0) is 19.6. The molecule has 0 aliphatic carbocycles. The molecule has 7 heteroatoms. The van der Waals surface area contributed by atoms with Crippen LogP contribution in [0.3, 0.4) is 0 Å². The van der Waals surface area contributed by atoms with Gasteiger partial charge in [0.2, 0.25) is 5.91 Å². The second-order valence-electron chi connectivity index (χ2n) is 6.04. The summed E-state index contributed by atoms with van der Waals surface area (Å²) < 4.78 is 19.1. The lowest BCUT2D eigenvalue weighted by Gasteiger charge is -2.28. The first-order chi connectivity index (χ1) is 13.1. The largest absolute Gasteiger partial charge is 0.468 e. The highest BCUT2D eigenvalue weighted by atomic mass is 19.1. The second-order valence-corrected chi connectivity index (χ2v) is 6.04. The van der Waals surface area contributed by atoms with Gasteiger partial charge in [0.25, 0.3) is 5.91 Å². The van der Waals surface area contributed by atoms with Crippen LogP contribution in [0.4, 0.5) is 4.39 Å². The Morgan fingerprint density at radius 3 is 2.48 bits per heavy atom. The summed E-state index contributed by atoms with van der Waals surface area (Å²) in [6.07, 6.45) is 1.73. The summed E-state index contributed by atoms with van der Waals surface area (Å²) in [5.74, 6) is -0.503. The average molecular weight is 375 g/mol. The molecular weight excluding hydrogens is 349 g/mol. The third-order valence-corrected chi connectivity index (χ3v) is 4.37. The van der Waals surface area contributed by atoms with Crippen molar-refractivity contribution in [2.75, 3.05) is 26.2 Å². The molecule has 6 nitrogen and oxygen atoms in total. The lowest BCUT2D eigenvalue weighted by Crippen LogP contribution is -2.39. The number of halogens is 1. The minimum absolute atomic E-state index is 0.0303. The SMILES string of the molecule is CCN(CC)[C@@H](CNC(=O)CCNC(=O)c1ccccc1F)c1ccco1.